The Morgan fingerprint density at radius 1 is 1.12 bits per heavy atom. The highest BCUT2D eigenvalue weighted by Crippen LogP contribution is 2.30. The third kappa shape index (κ3) is 3.58. The predicted octanol–water partition coefficient (Wildman–Crippen LogP) is 3.52. The zero-order chi connectivity index (χ0) is 17.3. The van der Waals surface area contributed by atoms with Crippen LogP contribution in [0.1, 0.15) is 19.3 Å². The van der Waals surface area contributed by atoms with Crippen LogP contribution in [0.2, 0.25) is 0 Å². The lowest BCUT2D eigenvalue weighted by Crippen LogP contribution is -2.44. The van der Waals surface area contributed by atoms with E-state index in [1.807, 2.05) is 42.1 Å². The third-order valence-corrected chi connectivity index (χ3v) is 8.11. The molecule has 2 aliphatic heterocycles. The van der Waals surface area contributed by atoms with E-state index in [0.717, 1.165) is 48.1 Å². The first-order valence-corrected chi connectivity index (χ1v) is 11.4. The van der Waals surface area contributed by atoms with Gasteiger partial charge in [-0.3, -0.25) is 0 Å². The van der Waals surface area contributed by atoms with Gasteiger partial charge < -0.3 is 4.74 Å². The van der Waals surface area contributed by atoms with Gasteiger partial charge in [0.15, 0.2) is 0 Å². The van der Waals surface area contributed by atoms with E-state index in [4.69, 9.17) is 4.74 Å². The van der Waals surface area contributed by atoms with Crippen LogP contribution in [0.15, 0.2) is 47.4 Å². The third-order valence-electron chi connectivity index (χ3n) is 5.05. The van der Waals surface area contributed by atoms with Crippen molar-refractivity contribution in [3.8, 4) is 0 Å². The van der Waals surface area contributed by atoms with Crippen LogP contribution in [0.3, 0.4) is 0 Å². The summed E-state index contributed by atoms with van der Waals surface area (Å²) in [5.74, 6) is 1.90. The first-order valence-electron chi connectivity index (χ1n) is 8.84. The Kier molecular flexibility index (Phi) is 5.04. The summed E-state index contributed by atoms with van der Waals surface area (Å²) in [5.41, 5.74) is 0. The van der Waals surface area contributed by atoms with Crippen molar-refractivity contribution < 1.29 is 13.2 Å². The average molecular weight is 378 g/mol. The van der Waals surface area contributed by atoms with Crippen molar-refractivity contribution in [2.24, 2.45) is 0 Å². The molecule has 2 aliphatic rings. The summed E-state index contributed by atoms with van der Waals surface area (Å²) in [6, 6.07) is 13.4. The highest BCUT2D eigenvalue weighted by molar-refractivity contribution is 7.99. The summed E-state index contributed by atoms with van der Waals surface area (Å²) in [5, 5.41) is 2.02. The van der Waals surface area contributed by atoms with Gasteiger partial charge in [-0.15, -0.1) is 0 Å². The van der Waals surface area contributed by atoms with Gasteiger partial charge in [0.05, 0.1) is 11.0 Å². The second-order valence-corrected chi connectivity index (χ2v) is 9.78. The van der Waals surface area contributed by atoms with Gasteiger partial charge in [-0.25, -0.2) is 8.42 Å². The van der Waals surface area contributed by atoms with Crippen LogP contribution in [0.5, 0.6) is 0 Å². The summed E-state index contributed by atoms with van der Waals surface area (Å²) in [4.78, 5) is 0.390. The van der Waals surface area contributed by atoms with Gasteiger partial charge in [-0.1, -0.05) is 30.3 Å². The molecule has 2 atom stereocenters. The quantitative estimate of drug-likeness (QED) is 0.800. The van der Waals surface area contributed by atoms with Gasteiger partial charge >= 0.3 is 0 Å². The smallest absolute Gasteiger partial charge is 0.243 e. The van der Waals surface area contributed by atoms with Gasteiger partial charge in [0.25, 0.3) is 0 Å². The Hall–Kier alpha value is -1.08. The fraction of sp³-hybridized carbons (Fsp3) is 0.474. The van der Waals surface area contributed by atoms with Crippen molar-refractivity contribution in [2.45, 2.75) is 36.3 Å². The predicted molar refractivity (Wildman–Crippen MR) is 103 cm³/mol. The molecule has 0 bridgehead atoms. The van der Waals surface area contributed by atoms with Crippen molar-refractivity contribution in [1.29, 1.82) is 0 Å². The number of fused-ring (bicyclic) bond motifs is 1. The second-order valence-electron chi connectivity index (χ2n) is 6.74. The largest absolute Gasteiger partial charge is 0.377 e. The molecule has 0 N–H and O–H groups in total. The van der Waals surface area contributed by atoms with Crippen LogP contribution in [-0.2, 0) is 14.8 Å². The first kappa shape index (κ1) is 17.3. The van der Waals surface area contributed by atoms with E-state index >= 15 is 0 Å². The molecule has 25 heavy (non-hydrogen) atoms. The summed E-state index contributed by atoms with van der Waals surface area (Å²) in [6.45, 7) is 1.22. The number of sulfonamides is 1. The SMILES string of the molecule is O=S(=O)(c1ccc2ccccc2c1)N(CC1CCCO1)C1CCSC1. The van der Waals surface area contributed by atoms with E-state index < -0.39 is 10.0 Å². The molecule has 2 unspecified atom stereocenters. The maximum Gasteiger partial charge on any atom is 0.243 e. The molecular formula is C19H23NO3S2. The molecule has 0 amide bonds. The molecule has 0 spiro atoms. The molecular weight excluding hydrogens is 354 g/mol. The molecule has 2 saturated heterocycles. The molecule has 2 aromatic rings. The van der Waals surface area contributed by atoms with E-state index in [0.29, 0.717) is 11.4 Å². The monoisotopic (exact) mass is 377 g/mol. The van der Waals surface area contributed by atoms with E-state index in [1.165, 1.54) is 0 Å². The average Bonchev–Trinajstić information content (AvgIpc) is 3.32. The molecule has 0 aromatic heterocycles. The van der Waals surface area contributed by atoms with Crippen LogP contribution in [0.25, 0.3) is 10.8 Å². The Bertz CT molecular complexity index is 841. The summed E-state index contributed by atoms with van der Waals surface area (Å²) < 4.78 is 34.3. The minimum atomic E-state index is -3.52. The number of hydrogen-bond donors (Lipinski definition) is 0. The van der Waals surface area contributed by atoms with Crippen molar-refractivity contribution >= 4 is 32.6 Å². The number of benzene rings is 2. The molecule has 134 valence electrons. The number of thioether (sulfide) groups is 1. The topological polar surface area (TPSA) is 46.6 Å². The highest BCUT2D eigenvalue weighted by Gasteiger charge is 2.36. The van der Waals surface area contributed by atoms with Gasteiger partial charge in [-0.05, 0) is 47.9 Å². The van der Waals surface area contributed by atoms with Crippen molar-refractivity contribution in [3.63, 3.8) is 0 Å². The van der Waals surface area contributed by atoms with Crippen LogP contribution >= 0.6 is 11.8 Å². The fourth-order valence-corrected chi connectivity index (χ4v) is 6.69. The van der Waals surface area contributed by atoms with E-state index in [-0.39, 0.29) is 12.1 Å². The molecule has 2 fully saturated rings. The van der Waals surface area contributed by atoms with Crippen LogP contribution < -0.4 is 0 Å². The van der Waals surface area contributed by atoms with Crippen LogP contribution in [0.4, 0.5) is 0 Å². The lowest BCUT2D eigenvalue weighted by molar-refractivity contribution is 0.0877. The Morgan fingerprint density at radius 3 is 2.68 bits per heavy atom. The molecule has 4 nitrogen and oxygen atoms in total. The summed E-state index contributed by atoms with van der Waals surface area (Å²) >= 11 is 1.84. The first-order chi connectivity index (χ1) is 12.1. The Balaban J connectivity index is 1.69. The normalized spacial score (nSPS) is 24.4. The number of nitrogens with zero attached hydrogens (tertiary/aromatic N) is 1. The second kappa shape index (κ2) is 7.27. The number of ether oxygens (including phenoxy) is 1. The van der Waals surface area contributed by atoms with Gasteiger partial charge in [-0.2, -0.15) is 16.1 Å². The summed E-state index contributed by atoms with van der Waals surface area (Å²) in [7, 11) is -3.52. The van der Waals surface area contributed by atoms with E-state index in [2.05, 4.69) is 0 Å². The zero-order valence-corrected chi connectivity index (χ0v) is 15.8. The molecule has 6 heteroatoms. The lowest BCUT2D eigenvalue weighted by Gasteiger charge is -2.29. The Morgan fingerprint density at radius 2 is 1.96 bits per heavy atom. The molecule has 0 saturated carbocycles. The van der Waals surface area contributed by atoms with Crippen LogP contribution in [-0.4, -0.2) is 49.5 Å². The number of rotatable bonds is 5. The lowest BCUT2D eigenvalue weighted by atomic mass is 10.1. The van der Waals surface area contributed by atoms with Crippen molar-refractivity contribution in [2.75, 3.05) is 24.7 Å². The van der Waals surface area contributed by atoms with Gasteiger partial charge in [0.2, 0.25) is 10.0 Å². The van der Waals surface area contributed by atoms with E-state index in [1.54, 1.807) is 16.4 Å². The molecule has 2 heterocycles. The van der Waals surface area contributed by atoms with E-state index in [9.17, 15) is 8.42 Å². The maximum atomic E-state index is 13.4. The molecule has 0 aliphatic carbocycles. The van der Waals surface area contributed by atoms with Crippen molar-refractivity contribution in [1.82, 2.24) is 4.31 Å². The number of hydrogen-bond acceptors (Lipinski definition) is 4. The molecule has 0 radical (unpaired) electrons. The Labute approximate surface area is 153 Å². The van der Waals surface area contributed by atoms with Gasteiger partial charge in [0, 0.05) is 24.9 Å². The standard InChI is InChI=1S/C19H23NO3S2/c21-25(22,19-8-7-15-4-1-2-5-16(15)12-19)20(17-9-11-24-14-17)13-18-6-3-10-23-18/h1-2,4-5,7-8,12,17-18H,3,6,9-11,13-14H2. The summed E-state index contributed by atoms with van der Waals surface area (Å²) in [6.07, 6.45) is 2.92. The minimum Gasteiger partial charge on any atom is -0.377 e. The molecule has 4 rings (SSSR count). The molecule has 2 aromatic carbocycles. The van der Waals surface area contributed by atoms with Crippen molar-refractivity contribution in [3.05, 3.63) is 42.5 Å². The van der Waals surface area contributed by atoms with Gasteiger partial charge in [0.1, 0.15) is 0 Å². The fourth-order valence-electron chi connectivity index (χ4n) is 3.64. The minimum absolute atomic E-state index is 0.0285. The highest BCUT2D eigenvalue weighted by atomic mass is 32.2. The zero-order valence-electron chi connectivity index (χ0n) is 14.1. The maximum absolute atomic E-state index is 13.4. The van der Waals surface area contributed by atoms with Crippen LogP contribution in [0, 0.1) is 0 Å².